The normalized spacial score (nSPS) is 9.64. The number of nitrogens with zero attached hydrogens (tertiary/aromatic N) is 1. The molecule has 5 heteroatoms. The third-order valence-corrected chi connectivity index (χ3v) is 2.81. The number of hydrogen-bond donors (Lipinski definition) is 0. The number of carbonyl (C=O) groups excluding carboxylic acids is 2. The van der Waals surface area contributed by atoms with Gasteiger partial charge in [-0.1, -0.05) is 12.1 Å². The maximum Gasteiger partial charge on any atom is 0.349 e. The summed E-state index contributed by atoms with van der Waals surface area (Å²) in [5.41, 5.74) is 0.981. The Morgan fingerprint density at radius 2 is 1.82 bits per heavy atom. The molecule has 0 aliphatic rings. The molecule has 0 aliphatic heterocycles. The Bertz CT molecular complexity index is 729. The summed E-state index contributed by atoms with van der Waals surface area (Å²) in [5.74, 6) is 0.0753. The van der Waals surface area contributed by atoms with Crippen molar-refractivity contribution in [3.8, 4) is 17.6 Å². The SMILES string of the molecule is CC(=O)c1cccc(OC(=O)COc2ccc(C#N)cc2)c1. The van der Waals surface area contributed by atoms with Crippen molar-refractivity contribution in [2.24, 2.45) is 0 Å². The van der Waals surface area contributed by atoms with Crippen LogP contribution in [0.5, 0.6) is 11.5 Å². The molecule has 0 bridgehead atoms. The van der Waals surface area contributed by atoms with Gasteiger partial charge in [0.05, 0.1) is 11.6 Å². The molecular weight excluding hydrogens is 282 g/mol. The molecule has 0 aromatic heterocycles. The van der Waals surface area contributed by atoms with Crippen LogP contribution in [0.15, 0.2) is 48.5 Å². The lowest BCUT2D eigenvalue weighted by molar-refractivity contribution is -0.136. The average Bonchev–Trinajstić information content (AvgIpc) is 2.53. The highest BCUT2D eigenvalue weighted by Gasteiger charge is 2.08. The molecule has 2 aromatic carbocycles. The van der Waals surface area contributed by atoms with Crippen LogP contribution in [0.25, 0.3) is 0 Å². The van der Waals surface area contributed by atoms with Crippen LogP contribution >= 0.6 is 0 Å². The largest absolute Gasteiger partial charge is 0.482 e. The Morgan fingerprint density at radius 3 is 2.45 bits per heavy atom. The van der Waals surface area contributed by atoms with Crippen molar-refractivity contribution >= 4 is 11.8 Å². The monoisotopic (exact) mass is 295 g/mol. The van der Waals surface area contributed by atoms with E-state index in [4.69, 9.17) is 14.7 Å². The molecular formula is C17H13NO4. The first kappa shape index (κ1) is 15.3. The molecule has 0 heterocycles. The van der Waals surface area contributed by atoms with E-state index in [1.54, 1.807) is 42.5 Å². The lowest BCUT2D eigenvalue weighted by Gasteiger charge is -2.07. The fourth-order valence-corrected chi connectivity index (χ4v) is 1.71. The summed E-state index contributed by atoms with van der Waals surface area (Å²) in [5, 5.41) is 8.68. The minimum Gasteiger partial charge on any atom is -0.482 e. The minimum absolute atomic E-state index is 0.105. The number of Topliss-reactive ketones (excluding diaryl/α,β-unsaturated/α-hetero) is 1. The molecule has 22 heavy (non-hydrogen) atoms. The second-order valence-electron chi connectivity index (χ2n) is 4.48. The second-order valence-corrected chi connectivity index (χ2v) is 4.48. The summed E-state index contributed by atoms with van der Waals surface area (Å²) in [6, 6.07) is 14.8. The molecule has 0 N–H and O–H groups in total. The number of ketones is 1. The first-order chi connectivity index (χ1) is 10.6. The van der Waals surface area contributed by atoms with Crippen molar-refractivity contribution < 1.29 is 19.1 Å². The number of rotatable bonds is 5. The van der Waals surface area contributed by atoms with Gasteiger partial charge in [0, 0.05) is 5.56 Å². The van der Waals surface area contributed by atoms with E-state index >= 15 is 0 Å². The van der Waals surface area contributed by atoms with Crippen LogP contribution in [0.2, 0.25) is 0 Å². The molecule has 0 aliphatic carbocycles. The maximum atomic E-state index is 11.7. The summed E-state index contributed by atoms with van der Waals surface area (Å²) in [7, 11) is 0. The lowest BCUT2D eigenvalue weighted by Crippen LogP contribution is -2.17. The van der Waals surface area contributed by atoms with Gasteiger partial charge in [-0.3, -0.25) is 4.79 Å². The second kappa shape index (κ2) is 7.04. The van der Waals surface area contributed by atoms with Gasteiger partial charge >= 0.3 is 5.97 Å². The highest BCUT2D eigenvalue weighted by atomic mass is 16.6. The van der Waals surface area contributed by atoms with Gasteiger partial charge in [0.15, 0.2) is 12.4 Å². The number of hydrogen-bond acceptors (Lipinski definition) is 5. The van der Waals surface area contributed by atoms with Crippen LogP contribution in [0.4, 0.5) is 0 Å². The molecule has 0 spiro atoms. The summed E-state index contributed by atoms with van der Waals surface area (Å²) in [6.07, 6.45) is 0. The topological polar surface area (TPSA) is 76.4 Å². The Hall–Kier alpha value is -3.13. The zero-order valence-electron chi connectivity index (χ0n) is 11.9. The van der Waals surface area contributed by atoms with Crippen molar-refractivity contribution in [1.29, 1.82) is 5.26 Å². The van der Waals surface area contributed by atoms with Crippen molar-refractivity contribution in [3.05, 3.63) is 59.7 Å². The van der Waals surface area contributed by atoms with E-state index < -0.39 is 5.97 Å². The maximum absolute atomic E-state index is 11.7. The molecule has 0 atom stereocenters. The standard InChI is InChI=1S/C17H13NO4/c1-12(19)14-3-2-4-16(9-14)22-17(20)11-21-15-7-5-13(10-18)6-8-15/h2-9H,11H2,1H3. The lowest BCUT2D eigenvalue weighted by atomic mass is 10.1. The zero-order chi connectivity index (χ0) is 15.9. The molecule has 0 fully saturated rings. The van der Waals surface area contributed by atoms with E-state index in [1.165, 1.54) is 13.0 Å². The zero-order valence-corrected chi connectivity index (χ0v) is 11.9. The number of esters is 1. The van der Waals surface area contributed by atoms with Gasteiger partial charge < -0.3 is 9.47 Å². The summed E-state index contributed by atoms with van der Waals surface area (Å²) < 4.78 is 10.4. The van der Waals surface area contributed by atoms with Crippen LogP contribution in [0.1, 0.15) is 22.8 Å². The van der Waals surface area contributed by atoms with Gasteiger partial charge in [-0.2, -0.15) is 5.26 Å². The number of nitriles is 1. The molecule has 0 saturated heterocycles. The Morgan fingerprint density at radius 1 is 1.09 bits per heavy atom. The van der Waals surface area contributed by atoms with E-state index in [-0.39, 0.29) is 12.4 Å². The number of ether oxygens (including phenoxy) is 2. The minimum atomic E-state index is -0.579. The predicted octanol–water partition coefficient (Wildman–Crippen LogP) is 2.75. The highest BCUT2D eigenvalue weighted by Crippen LogP contribution is 2.15. The van der Waals surface area contributed by atoms with Crippen LogP contribution < -0.4 is 9.47 Å². The molecule has 0 saturated carbocycles. The van der Waals surface area contributed by atoms with Crippen LogP contribution in [-0.4, -0.2) is 18.4 Å². The molecule has 2 rings (SSSR count). The molecule has 110 valence electrons. The van der Waals surface area contributed by atoms with Gasteiger partial charge in [-0.25, -0.2) is 4.79 Å². The average molecular weight is 295 g/mol. The third-order valence-electron chi connectivity index (χ3n) is 2.81. The molecule has 0 unspecified atom stereocenters. The van der Waals surface area contributed by atoms with Crippen LogP contribution in [0, 0.1) is 11.3 Å². The Balaban J connectivity index is 1.91. The van der Waals surface area contributed by atoms with E-state index in [0.29, 0.717) is 22.6 Å². The highest BCUT2D eigenvalue weighted by molar-refractivity contribution is 5.94. The molecule has 2 aromatic rings. The fourth-order valence-electron chi connectivity index (χ4n) is 1.71. The van der Waals surface area contributed by atoms with Gasteiger partial charge in [-0.05, 0) is 43.3 Å². The van der Waals surface area contributed by atoms with Crippen molar-refractivity contribution in [2.45, 2.75) is 6.92 Å². The number of benzene rings is 2. The van der Waals surface area contributed by atoms with Gasteiger partial charge in [-0.15, -0.1) is 0 Å². The van der Waals surface area contributed by atoms with Gasteiger partial charge in [0.25, 0.3) is 0 Å². The smallest absolute Gasteiger partial charge is 0.349 e. The number of carbonyl (C=O) groups is 2. The van der Waals surface area contributed by atoms with Gasteiger partial charge in [0.1, 0.15) is 11.5 Å². The van der Waals surface area contributed by atoms with Gasteiger partial charge in [0.2, 0.25) is 0 Å². The van der Waals surface area contributed by atoms with E-state index in [2.05, 4.69) is 0 Å². The van der Waals surface area contributed by atoms with Crippen molar-refractivity contribution in [1.82, 2.24) is 0 Å². The first-order valence-corrected chi connectivity index (χ1v) is 6.53. The fraction of sp³-hybridized carbons (Fsp3) is 0.118. The third kappa shape index (κ3) is 4.18. The summed E-state index contributed by atoms with van der Waals surface area (Å²) in [6.45, 7) is 1.17. The van der Waals surface area contributed by atoms with Crippen molar-refractivity contribution in [2.75, 3.05) is 6.61 Å². The Labute approximate surface area is 127 Å². The summed E-state index contributed by atoms with van der Waals surface area (Å²) >= 11 is 0. The molecule has 0 amide bonds. The quantitative estimate of drug-likeness (QED) is 0.481. The van der Waals surface area contributed by atoms with E-state index in [0.717, 1.165) is 0 Å². The van der Waals surface area contributed by atoms with E-state index in [9.17, 15) is 9.59 Å². The Kier molecular flexibility index (Phi) is 4.89. The first-order valence-electron chi connectivity index (χ1n) is 6.53. The molecule has 0 radical (unpaired) electrons. The van der Waals surface area contributed by atoms with E-state index in [1.807, 2.05) is 6.07 Å². The summed E-state index contributed by atoms with van der Waals surface area (Å²) in [4.78, 5) is 23.0. The van der Waals surface area contributed by atoms with Crippen LogP contribution in [-0.2, 0) is 4.79 Å². The molecule has 5 nitrogen and oxygen atoms in total. The van der Waals surface area contributed by atoms with Crippen molar-refractivity contribution in [3.63, 3.8) is 0 Å². The predicted molar refractivity (Wildman–Crippen MR) is 78.7 cm³/mol. The van der Waals surface area contributed by atoms with Crippen LogP contribution in [0.3, 0.4) is 0 Å².